The lowest BCUT2D eigenvalue weighted by atomic mass is 10.1. The Balaban J connectivity index is 2.58. The van der Waals surface area contributed by atoms with Crippen molar-refractivity contribution in [2.24, 2.45) is 0 Å². The van der Waals surface area contributed by atoms with Crippen LogP contribution in [0.2, 0.25) is 0 Å². The summed E-state index contributed by atoms with van der Waals surface area (Å²) in [6.07, 6.45) is 0. The fraction of sp³-hybridized carbons (Fsp3) is 0.300. The topological polar surface area (TPSA) is 75.3 Å². The van der Waals surface area contributed by atoms with Crippen LogP contribution in [0.3, 0.4) is 0 Å². The van der Waals surface area contributed by atoms with Gasteiger partial charge in [0.15, 0.2) is 0 Å². The van der Waals surface area contributed by atoms with E-state index in [0.717, 1.165) is 0 Å². The highest BCUT2D eigenvalue weighted by Crippen LogP contribution is 2.30. The van der Waals surface area contributed by atoms with Crippen molar-refractivity contribution in [3.63, 3.8) is 0 Å². The minimum Gasteiger partial charge on any atom is -0.478 e. The van der Waals surface area contributed by atoms with E-state index < -0.39 is 11.5 Å². The summed E-state index contributed by atoms with van der Waals surface area (Å²) in [6.45, 7) is 0.0391. The predicted molar refractivity (Wildman–Crippen MR) is 64.8 cm³/mol. The van der Waals surface area contributed by atoms with E-state index in [2.05, 4.69) is 5.32 Å². The average molecular weight is 280 g/mol. The smallest absolute Gasteiger partial charge is 0.441 e. The number of carboxylic acids is 1. The van der Waals surface area contributed by atoms with Crippen molar-refractivity contribution in [3.05, 3.63) is 23.8 Å². The summed E-state index contributed by atoms with van der Waals surface area (Å²) in [5.41, 5.74) is 1.57. The van der Waals surface area contributed by atoms with E-state index >= 15 is 0 Å². The second-order valence-electron chi connectivity index (χ2n) is 3.29. The molecule has 1 rings (SSSR count). The first kappa shape index (κ1) is 14.5. The minimum atomic E-state index is -4.27. The maximum atomic E-state index is 11.9. The van der Waals surface area contributed by atoms with Gasteiger partial charge in [-0.25, -0.2) is 4.79 Å². The number of anilines is 2. The summed E-state index contributed by atoms with van der Waals surface area (Å²) >= 11 is -0.150. The molecular weight excluding hydrogens is 269 g/mol. The van der Waals surface area contributed by atoms with Crippen LogP contribution < -0.4 is 11.1 Å². The Kier molecular flexibility index (Phi) is 4.71. The van der Waals surface area contributed by atoms with Crippen LogP contribution in [0.4, 0.5) is 24.5 Å². The molecule has 0 spiro atoms. The molecule has 100 valence electrons. The zero-order valence-corrected chi connectivity index (χ0v) is 9.94. The van der Waals surface area contributed by atoms with E-state index in [0.29, 0.717) is 5.69 Å². The van der Waals surface area contributed by atoms with Crippen molar-refractivity contribution >= 4 is 29.1 Å². The number of nitrogens with one attached hydrogen (secondary N) is 1. The number of hydrogen-bond donors (Lipinski definition) is 3. The zero-order valence-electron chi connectivity index (χ0n) is 9.12. The Morgan fingerprint density at radius 1 is 1.44 bits per heavy atom. The number of hydrogen-bond acceptors (Lipinski definition) is 4. The molecule has 18 heavy (non-hydrogen) atoms. The monoisotopic (exact) mass is 280 g/mol. The van der Waals surface area contributed by atoms with E-state index in [1.54, 1.807) is 0 Å². The summed E-state index contributed by atoms with van der Waals surface area (Å²) in [5, 5.41) is 11.5. The fourth-order valence-electron chi connectivity index (χ4n) is 1.26. The molecule has 0 bridgehead atoms. The predicted octanol–water partition coefficient (Wildman–Crippen LogP) is 2.63. The Hall–Kier alpha value is -1.57. The standard InChI is InChI=1S/C10H11F3N2O2S/c11-10(12,13)18-5-4-15-7-3-1-2-6(8(7)14)9(16)17/h1-3,15H,4-5,14H2,(H,16,17). The third-order valence-corrected chi connectivity index (χ3v) is 2.76. The van der Waals surface area contributed by atoms with Crippen molar-refractivity contribution in [2.45, 2.75) is 5.51 Å². The molecule has 0 fully saturated rings. The van der Waals surface area contributed by atoms with Crippen LogP contribution in [0.1, 0.15) is 10.4 Å². The quantitative estimate of drug-likeness (QED) is 0.571. The van der Waals surface area contributed by atoms with E-state index in [1.807, 2.05) is 0 Å². The number of nitrogen functional groups attached to an aromatic ring is 1. The maximum absolute atomic E-state index is 11.9. The van der Waals surface area contributed by atoms with Crippen molar-refractivity contribution in [3.8, 4) is 0 Å². The first-order valence-corrected chi connectivity index (χ1v) is 5.86. The van der Waals surface area contributed by atoms with E-state index in [9.17, 15) is 18.0 Å². The lowest BCUT2D eigenvalue weighted by molar-refractivity contribution is -0.0327. The van der Waals surface area contributed by atoms with Gasteiger partial charge in [-0.3, -0.25) is 0 Å². The lowest BCUT2D eigenvalue weighted by Crippen LogP contribution is -2.12. The van der Waals surface area contributed by atoms with Gasteiger partial charge in [0, 0.05) is 12.3 Å². The second kappa shape index (κ2) is 5.85. The van der Waals surface area contributed by atoms with Gasteiger partial charge < -0.3 is 16.2 Å². The molecule has 0 heterocycles. The third-order valence-electron chi connectivity index (χ3n) is 2.02. The first-order valence-electron chi connectivity index (χ1n) is 4.87. The normalized spacial score (nSPS) is 11.3. The summed E-state index contributed by atoms with van der Waals surface area (Å²) < 4.78 is 35.6. The Labute approximate surface area is 105 Å². The number of aromatic carboxylic acids is 1. The molecule has 0 unspecified atom stereocenters. The number of halogens is 3. The van der Waals surface area contributed by atoms with Crippen LogP contribution in [-0.4, -0.2) is 28.9 Å². The highest BCUT2D eigenvalue weighted by Gasteiger charge is 2.27. The van der Waals surface area contributed by atoms with Crippen molar-refractivity contribution in [2.75, 3.05) is 23.3 Å². The Morgan fingerprint density at radius 3 is 2.67 bits per heavy atom. The number of alkyl halides is 3. The molecule has 0 aliphatic heterocycles. The molecule has 0 amide bonds. The largest absolute Gasteiger partial charge is 0.478 e. The molecule has 1 aromatic rings. The van der Waals surface area contributed by atoms with Gasteiger partial charge >= 0.3 is 11.5 Å². The molecule has 0 aromatic heterocycles. The molecule has 0 aliphatic rings. The summed E-state index contributed by atoms with van der Waals surface area (Å²) in [7, 11) is 0. The highest BCUT2D eigenvalue weighted by molar-refractivity contribution is 8.00. The maximum Gasteiger partial charge on any atom is 0.441 e. The van der Waals surface area contributed by atoms with Gasteiger partial charge in [-0.15, -0.1) is 0 Å². The number of nitrogens with two attached hydrogens (primary N) is 1. The number of carboxylic acid groups (broad SMARTS) is 1. The van der Waals surface area contributed by atoms with Crippen LogP contribution >= 0.6 is 11.8 Å². The number of carbonyl (C=O) groups is 1. The van der Waals surface area contributed by atoms with Gasteiger partial charge in [-0.2, -0.15) is 13.2 Å². The van der Waals surface area contributed by atoms with Crippen LogP contribution in [-0.2, 0) is 0 Å². The molecule has 8 heteroatoms. The molecule has 4 N–H and O–H groups in total. The third kappa shape index (κ3) is 4.36. The van der Waals surface area contributed by atoms with Crippen molar-refractivity contribution in [1.29, 1.82) is 0 Å². The number of rotatable bonds is 5. The minimum absolute atomic E-state index is 0.0157. The van der Waals surface area contributed by atoms with E-state index in [4.69, 9.17) is 10.8 Å². The molecule has 0 saturated carbocycles. The second-order valence-corrected chi connectivity index (χ2v) is 4.45. The number of thioether (sulfide) groups is 1. The van der Waals surface area contributed by atoms with Crippen LogP contribution in [0.25, 0.3) is 0 Å². The van der Waals surface area contributed by atoms with Gasteiger partial charge in [-0.05, 0) is 23.9 Å². The molecule has 1 aromatic carbocycles. The van der Waals surface area contributed by atoms with Crippen molar-refractivity contribution < 1.29 is 23.1 Å². The fourth-order valence-corrected chi connectivity index (χ4v) is 1.69. The molecular formula is C10H11F3N2O2S. The van der Waals surface area contributed by atoms with Crippen LogP contribution in [0.5, 0.6) is 0 Å². The van der Waals surface area contributed by atoms with Crippen LogP contribution in [0.15, 0.2) is 18.2 Å². The summed E-state index contributed by atoms with van der Waals surface area (Å²) in [6, 6.07) is 4.31. The number of para-hydroxylation sites is 1. The van der Waals surface area contributed by atoms with Gasteiger partial charge in [-0.1, -0.05) is 6.07 Å². The van der Waals surface area contributed by atoms with E-state index in [1.165, 1.54) is 18.2 Å². The summed E-state index contributed by atoms with van der Waals surface area (Å²) in [4.78, 5) is 10.8. The molecule has 0 aliphatic carbocycles. The first-order chi connectivity index (χ1) is 8.31. The van der Waals surface area contributed by atoms with Gasteiger partial charge in [0.05, 0.1) is 16.9 Å². The summed E-state index contributed by atoms with van der Waals surface area (Å²) in [5.74, 6) is -1.36. The average Bonchev–Trinajstić information content (AvgIpc) is 2.24. The zero-order chi connectivity index (χ0) is 13.8. The van der Waals surface area contributed by atoms with Gasteiger partial charge in [0.25, 0.3) is 0 Å². The van der Waals surface area contributed by atoms with Crippen molar-refractivity contribution in [1.82, 2.24) is 0 Å². The Morgan fingerprint density at radius 2 is 2.11 bits per heavy atom. The van der Waals surface area contributed by atoms with Gasteiger partial charge in [0.1, 0.15) is 0 Å². The molecule has 0 saturated heterocycles. The highest BCUT2D eigenvalue weighted by atomic mass is 32.2. The SMILES string of the molecule is Nc1c(NCCSC(F)(F)F)cccc1C(=O)O. The van der Waals surface area contributed by atoms with Crippen LogP contribution in [0, 0.1) is 0 Å². The van der Waals surface area contributed by atoms with Gasteiger partial charge in [0.2, 0.25) is 0 Å². The lowest BCUT2D eigenvalue weighted by Gasteiger charge is -2.11. The molecule has 0 radical (unpaired) electrons. The Bertz CT molecular complexity index is 438. The number of benzene rings is 1. The molecule has 4 nitrogen and oxygen atoms in total. The molecule has 0 atom stereocenters. The van der Waals surface area contributed by atoms with E-state index in [-0.39, 0.29) is 35.3 Å².